The van der Waals surface area contributed by atoms with E-state index in [0.717, 1.165) is 12.2 Å². The maximum Gasteiger partial charge on any atom is 0.354 e. The highest BCUT2D eigenvalue weighted by Crippen LogP contribution is 2.26. The molecule has 2 N–H and O–H groups in total. The van der Waals surface area contributed by atoms with Gasteiger partial charge in [0.05, 0.1) is 0 Å². The molecule has 0 radical (unpaired) electrons. The van der Waals surface area contributed by atoms with Crippen molar-refractivity contribution < 1.29 is 9.90 Å². The molecular formula is C11H14N2O2S. The highest BCUT2D eigenvalue weighted by Gasteiger charge is 2.15. The topological polar surface area (TPSA) is 62.2 Å². The van der Waals surface area contributed by atoms with Crippen LogP contribution in [0.5, 0.6) is 0 Å². The number of carboxylic acids is 1. The average molecular weight is 238 g/mol. The molecule has 2 rings (SSSR count). The van der Waals surface area contributed by atoms with Gasteiger partial charge in [-0.15, -0.1) is 0 Å². The Morgan fingerprint density at radius 1 is 1.69 bits per heavy atom. The Morgan fingerprint density at radius 3 is 3.25 bits per heavy atom. The van der Waals surface area contributed by atoms with Crippen LogP contribution in [-0.4, -0.2) is 33.6 Å². The van der Waals surface area contributed by atoms with Gasteiger partial charge >= 0.3 is 5.97 Å². The summed E-state index contributed by atoms with van der Waals surface area (Å²) < 4.78 is 0. The van der Waals surface area contributed by atoms with Crippen LogP contribution in [0.25, 0.3) is 0 Å². The fourth-order valence-corrected chi connectivity index (χ4v) is 2.90. The smallest absolute Gasteiger partial charge is 0.354 e. The van der Waals surface area contributed by atoms with Crippen LogP contribution in [0.4, 0.5) is 5.69 Å². The van der Waals surface area contributed by atoms with Gasteiger partial charge in [-0.3, -0.25) is 0 Å². The lowest BCUT2D eigenvalue weighted by Crippen LogP contribution is -2.14. The van der Waals surface area contributed by atoms with Crippen molar-refractivity contribution >= 4 is 23.4 Å². The zero-order chi connectivity index (χ0) is 11.4. The van der Waals surface area contributed by atoms with E-state index in [2.05, 4.69) is 10.3 Å². The number of aromatic carboxylic acids is 1. The minimum Gasteiger partial charge on any atom is -0.477 e. The van der Waals surface area contributed by atoms with Crippen LogP contribution in [0.2, 0.25) is 0 Å². The van der Waals surface area contributed by atoms with E-state index in [9.17, 15) is 4.79 Å². The first-order valence-electron chi connectivity index (χ1n) is 5.30. The molecule has 2 heterocycles. The molecule has 0 aliphatic carbocycles. The first kappa shape index (κ1) is 11.3. The van der Waals surface area contributed by atoms with Gasteiger partial charge in [-0.1, -0.05) is 0 Å². The van der Waals surface area contributed by atoms with Crippen molar-refractivity contribution in [2.75, 3.05) is 17.6 Å². The summed E-state index contributed by atoms with van der Waals surface area (Å²) in [5.74, 6) is 0.252. The first-order chi connectivity index (χ1) is 7.75. The predicted molar refractivity (Wildman–Crippen MR) is 65.2 cm³/mol. The number of carboxylic acid groups (broad SMARTS) is 1. The molecule has 0 bridgehead atoms. The summed E-state index contributed by atoms with van der Waals surface area (Å²) in [5.41, 5.74) is 0.920. The lowest BCUT2D eigenvalue weighted by Gasteiger charge is -2.11. The van der Waals surface area contributed by atoms with E-state index < -0.39 is 5.97 Å². The van der Waals surface area contributed by atoms with Gasteiger partial charge in [0.15, 0.2) is 0 Å². The van der Waals surface area contributed by atoms with Gasteiger partial charge in [-0.2, -0.15) is 11.8 Å². The minimum absolute atomic E-state index is 0.0871. The second kappa shape index (κ2) is 5.21. The van der Waals surface area contributed by atoms with Crippen LogP contribution in [0.15, 0.2) is 18.3 Å². The second-order valence-electron chi connectivity index (χ2n) is 3.75. The number of hydrogen-bond donors (Lipinski definition) is 2. The summed E-state index contributed by atoms with van der Waals surface area (Å²) >= 11 is 1.98. The SMILES string of the molecule is O=C(O)c1cc(NCC2CCCS2)ccn1. The summed E-state index contributed by atoms with van der Waals surface area (Å²) in [5, 5.41) is 12.7. The third kappa shape index (κ3) is 2.88. The Bertz CT molecular complexity index is 378. The lowest BCUT2D eigenvalue weighted by molar-refractivity contribution is 0.0690. The van der Waals surface area contributed by atoms with E-state index in [4.69, 9.17) is 5.11 Å². The van der Waals surface area contributed by atoms with E-state index in [1.807, 2.05) is 11.8 Å². The molecule has 86 valence electrons. The first-order valence-corrected chi connectivity index (χ1v) is 6.35. The summed E-state index contributed by atoms with van der Waals surface area (Å²) in [6.07, 6.45) is 4.05. The van der Waals surface area contributed by atoms with Gasteiger partial charge in [0.2, 0.25) is 0 Å². The zero-order valence-electron chi connectivity index (χ0n) is 8.85. The number of carbonyl (C=O) groups is 1. The van der Waals surface area contributed by atoms with Crippen molar-refractivity contribution in [1.29, 1.82) is 0 Å². The van der Waals surface area contributed by atoms with E-state index in [1.165, 1.54) is 24.8 Å². The molecule has 1 aliphatic rings. The quantitative estimate of drug-likeness (QED) is 0.841. The number of hydrogen-bond acceptors (Lipinski definition) is 4. The molecule has 0 aromatic carbocycles. The fraction of sp³-hybridized carbons (Fsp3) is 0.455. The molecule has 1 fully saturated rings. The summed E-state index contributed by atoms with van der Waals surface area (Å²) in [7, 11) is 0. The summed E-state index contributed by atoms with van der Waals surface area (Å²) in [4.78, 5) is 14.5. The van der Waals surface area contributed by atoms with Gasteiger partial charge in [0, 0.05) is 23.7 Å². The molecule has 1 atom stereocenters. The highest BCUT2D eigenvalue weighted by molar-refractivity contribution is 8.00. The van der Waals surface area contributed by atoms with Gasteiger partial charge < -0.3 is 10.4 Å². The van der Waals surface area contributed by atoms with Crippen LogP contribution in [0, 0.1) is 0 Å². The van der Waals surface area contributed by atoms with Crippen LogP contribution in [0.3, 0.4) is 0 Å². The Morgan fingerprint density at radius 2 is 2.56 bits per heavy atom. The Hall–Kier alpha value is -1.23. The van der Waals surface area contributed by atoms with Gasteiger partial charge in [0.1, 0.15) is 5.69 Å². The van der Waals surface area contributed by atoms with Crippen molar-refractivity contribution in [3.05, 3.63) is 24.0 Å². The van der Waals surface area contributed by atoms with Crippen LogP contribution < -0.4 is 5.32 Å². The molecular weight excluding hydrogens is 224 g/mol. The molecule has 4 nitrogen and oxygen atoms in total. The Balaban J connectivity index is 1.93. The molecule has 0 spiro atoms. The van der Waals surface area contributed by atoms with Crippen LogP contribution >= 0.6 is 11.8 Å². The molecule has 1 aromatic heterocycles. The number of nitrogens with zero attached hydrogens (tertiary/aromatic N) is 1. The van der Waals surface area contributed by atoms with Crippen molar-refractivity contribution in [2.45, 2.75) is 18.1 Å². The Labute approximate surface area is 98.5 Å². The number of anilines is 1. The molecule has 1 unspecified atom stereocenters. The molecule has 1 aliphatic heterocycles. The second-order valence-corrected chi connectivity index (χ2v) is 5.16. The summed E-state index contributed by atoms with van der Waals surface area (Å²) in [6, 6.07) is 3.37. The van der Waals surface area contributed by atoms with Crippen molar-refractivity contribution in [2.24, 2.45) is 0 Å². The van der Waals surface area contributed by atoms with E-state index in [-0.39, 0.29) is 5.69 Å². The largest absolute Gasteiger partial charge is 0.477 e. The number of nitrogens with one attached hydrogen (secondary N) is 1. The van der Waals surface area contributed by atoms with E-state index in [0.29, 0.717) is 5.25 Å². The molecule has 1 aromatic rings. The number of pyridine rings is 1. The zero-order valence-corrected chi connectivity index (χ0v) is 9.67. The van der Waals surface area contributed by atoms with Gasteiger partial charge in [-0.25, -0.2) is 9.78 Å². The maximum absolute atomic E-state index is 10.7. The third-order valence-corrected chi connectivity index (χ3v) is 3.94. The summed E-state index contributed by atoms with van der Waals surface area (Å²) in [6.45, 7) is 0.897. The normalized spacial score (nSPS) is 19.6. The molecule has 0 amide bonds. The lowest BCUT2D eigenvalue weighted by atomic mass is 10.2. The molecule has 1 saturated heterocycles. The number of aromatic nitrogens is 1. The number of rotatable bonds is 4. The minimum atomic E-state index is -0.987. The fourth-order valence-electron chi connectivity index (χ4n) is 1.69. The van der Waals surface area contributed by atoms with E-state index in [1.54, 1.807) is 12.1 Å². The third-order valence-electron chi connectivity index (χ3n) is 2.54. The van der Waals surface area contributed by atoms with Crippen molar-refractivity contribution in [1.82, 2.24) is 4.98 Å². The van der Waals surface area contributed by atoms with Crippen molar-refractivity contribution in [3.8, 4) is 0 Å². The number of thioether (sulfide) groups is 1. The van der Waals surface area contributed by atoms with Crippen LogP contribution in [-0.2, 0) is 0 Å². The molecule has 0 saturated carbocycles. The van der Waals surface area contributed by atoms with Crippen molar-refractivity contribution in [3.63, 3.8) is 0 Å². The van der Waals surface area contributed by atoms with Crippen LogP contribution in [0.1, 0.15) is 23.3 Å². The Kier molecular flexibility index (Phi) is 3.66. The van der Waals surface area contributed by atoms with E-state index >= 15 is 0 Å². The highest BCUT2D eigenvalue weighted by atomic mass is 32.2. The predicted octanol–water partition coefficient (Wildman–Crippen LogP) is 2.09. The van der Waals surface area contributed by atoms with Gasteiger partial charge in [-0.05, 0) is 30.7 Å². The standard InChI is InChI=1S/C11H14N2O2S/c14-11(15)10-6-8(3-4-12-10)13-7-9-2-1-5-16-9/h3-4,6,9H,1-2,5,7H2,(H,12,13)(H,14,15). The average Bonchev–Trinajstić information content (AvgIpc) is 2.79. The van der Waals surface area contributed by atoms with Gasteiger partial charge in [0.25, 0.3) is 0 Å². The maximum atomic E-state index is 10.7. The monoisotopic (exact) mass is 238 g/mol. The molecule has 5 heteroatoms. The molecule has 16 heavy (non-hydrogen) atoms.